The lowest BCUT2D eigenvalue weighted by Crippen LogP contribution is -1.97. The van der Waals surface area contributed by atoms with Crippen LogP contribution in [-0.4, -0.2) is 38.2 Å². The number of benzene rings is 7. The van der Waals surface area contributed by atoms with Crippen molar-refractivity contribution in [2.45, 2.75) is 9.79 Å². The molecule has 0 amide bonds. The Hall–Kier alpha value is -6.52. The third-order valence-corrected chi connectivity index (χ3v) is 11.5. The standard InChI is InChI=1S/C42H22N4O8S2/c47-53-54-55-23-11-7-21(8-12-23)51-35-17-15-29-37-25(35)3-1-5-27(37)39-41(29)45-33-20-32-34(19-31(33)43-39)46-42-30-16-18-36(26-4-2-6-28(38(26)30)40(42)44-32)52-22-9-13-24(14-10-22)56(48,49)50/h1-20,47H,(H,48,49,50). The van der Waals surface area contributed by atoms with E-state index >= 15 is 0 Å². The first-order valence-corrected chi connectivity index (χ1v) is 19.3. The maximum Gasteiger partial charge on any atom is 0.294 e. The first-order valence-electron chi connectivity index (χ1n) is 17.2. The lowest BCUT2D eigenvalue weighted by molar-refractivity contribution is -0.432. The summed E-state index contributed by atoms with van der Waals surface area (Å²) in [6, 6.07) is 36.5. The molecule has 2 aromatic heterocycles. The first kappa shape index (κ1) is 32.9. The molecule has 270 valence electrons. The fraction of sp³-hybridized carbons (Fsp3) is 0. The van der Waals surface area contributed by atoms with E-state index in [2.05, 4.69) is 15.4 Å². The molecule has 0 unspecified atom stereocenters. The Balaban J connectivity index is 0.964. The van der Waals surface area contributed by atoms with Crippen molar-refractivity contribution < 1.29 is 37.1 Å². The maximum atomic E-state index is 11.5. The molecule has 2 aliphatic carbocycles. The summed E-state index contributed by atoms with van der Waals surface area (Å²) in [6.07, 6.45) is 0. The summed E-state index contributed by atoms with van der Waals surface area (Å²) >= 11 is 0.876. The molecule has 56 heavy (non-hydrogen) atoms. The molecule has 7 aromatic carbocycles. The minimum Gasteiger partial charge on any atom is -0.457 e. The monoisotopic (exact) mass is 774 g/mol. The quantitative estimate of drug-likeness (QED) is 0.0493. The lowest BCUT2D eigenvalue weighted by Gasteiger charge is -2.11. The molecule has 0 bridgehead atoms. The zero-order valence-electron chi connectivity index (χ0n) is 28.5. The van der Waals surface area contributed by atoms with Crippen molar-refractivity contribution in [1.82, 2.24) is 19.9 Å². The molecule has 2 heterocycles. The Morgan fingerprint density at radius 2 is 0.946 bits per heavy atom. The molecule has 9 aromatic rings. The molecular weight excluding hydrogens is 753 g/mol. The Bertz CT molecular complexity index is 3190. The predicted molar refractivity (Wildman–Crippen MR) is 210 cm³/mol. The third kappa shape index (κ3) is 5.12. The second kappa shape index (κ2) is 12.2. The summed E-state index contributed by atoms with van der Waals surface area (Å²) in [5.74, 6) is 2.33. The number of aromatic nitrogens is 4. The summed E-state index contributed by atoms with van der Waals surface area (Å²) in [5.41, 5.74) is 9.65. The molecule has 0 radical (unpaired) electrons. The van der Waals surface area contributed by atoms with Gasteiger partial charge in [0.1, 0.15) is 23.0 Å². The van der Waals surface area contributed by atoms with Crippen LogP contribution >= 0.6 is 12.0 Å². The van der Waals surface area contributed by atoms with Crippen LogP contribution in [0.3, 0.4) is 0 Å². The minimum absolute atomic E-state index is 0.211. The van der Waals surface area contributed by atoms with Gasteiger partial charge in [-0.1, -0.05) is 41.4 Å². The van der Waals surface area contributed by atoms with E-state index in [-0.39, 0.29) is 4.90 Å². The van der Waals surface area contributed by atoms with Gasteiger partial charge in [-0.3, -0.25) is 4.55 Å². The smallest absolute Gasteiger partial charge is 0.294 e. The lowest BCUT2D eigenvalue weighted by atomic mass is 10.0. The highest BCUT2D eigenvalue weighted by atomic mass is 32.2. The number of fused-ring (bicyclic) bond motifs is 8. The van der Waals surface area contributed by atoms with Crippen LogP contribution in [0.2, 0.25) is 0 Å². The zero-order valence-corrected chi connectivity index (χ0v) is 30.1. The number of ether oxygens (including phenoxy) is 2. The van der Waals surface area contributed by atoms with Crippen molar-refractivity contribution in [2.24, 2.45) is 0 Å². The van der Waals surface area contributed by atoms with Crippen LogP contribution in [0.5, 0.6) is 23.0 Å². The Morgan fingerprint density at radius 3 is 1.38 bits per heavy atom. The summed E-state index contributed by atoms with van der Waals surface area (Å²) < 4.78 is 49.4. The summed E-state index contributed by atoms with van der Waals surface area (Å²) in [5, 5.41) is 15.9. The molecule has 0 atom stereocenters. The van der Waals surface area contributed by atoms with Gasteiger partial charge in [-0.15, -0.1) is 4.33 Å². The Labute approximate surface area is 320 Å². The predicted octanol–water partition coefficient (Wildman–Crippen LogP) is 10.4. The molecule has 0 aliphatic heterocycles. The largest absolute Gasteiger partial charge is 0.457 e. The van der Waals surface area contributed by atoms with Crippen LogP contribution in [0.4, 0.5) is 0 Å². The summed E-state index contributed by atoms with van der Waals surface area (Å²) in [4.78, 5) is 21.1. The fourth-order valence-electron chi connectivity index (χ4n) is 7.64. The molecule has 0 saturated carbocycles. The van der Waals surface area contributed by atoms with Gasteiger partial charge in [0.15, 0.2) is 0 Å². The van der Waals surface area contributed by atoms with E-state index in [9.17, 15) is 13.0 Å². The van der Waals surface area contributed by atoms with Crippen molar-refractivity contribution in [1.29, 1.82) is 0 Å². The maximum absolute atomic E-state index is 11.5. The molecule has 2 aliphatic rings. The molecule has 2 N–H and O–H groups in total. The van der Waals surface area contributed by atoms with Crippen LogP contribution in [0.15, 0.2) is 131 Å². The molecule has 14 heteroatoms. The topological polar surface area (TPSA) is 163 Å². The molecule has 0 saturated heterocycles. The van der Waals surface area contributed by atoms with Gasteiger partial charge < -0.3 is 9.47 Å². The average Bonchev–Trinajstić information content (AvgIpc) is 3.69. The van der Waals surface area contributed by atoms with E-state index in [1.807, 2.05) is 78.9 Å². The molecule has 0 spiro atoms. The van der Waals surface area contributed by atoms with Crippen LogP contribution in [0, 0.1) is 0 Å². The molecular formula is C42H22N4O8S2. The fourth-order valence-corrected chi connectivity index (χ4v) is 8.47. The van der Waals surface area contributed by atoms with Crippen molar-refractivity contribution in [3.63, 3.8) is 0 Å². The van der Waals surface area contributed by atoms with Gasteiger partial charge in [-0.05, 0) is 84.9 Å². The van der Waals surface area contributed by atoms with E-state index in [1.54, 1.807) is 12.1 Å². The van der Waals surface area contributed by atoms with E-state index < -0.39 is 10.1 Å². The second-order valence-corrected chi connectivity index (χ2v) is 15.4. The van der Waals surface area contributed by atoms with E-state index in [0.29, 0.717) is 45.1 Å². The van der Waals surface area contributed by atoms with Crippen molar-refractivity contribution in [3.05, 3.63) is 121 Å². The number of nitrogens with zero attached hydrogens (tertiary/aromatic N) is 4. The second-order valence-electron chi connectivity index (χ2n) is 13.2. The molecule has 12 nitrogen and oxygen atoms in total. The van der Waals surface area contributed by atoms with Gasteiger partial charge in [-0.2, -0.15) is 8.42 Å². The van der Waals surface area contributed by atoms with Crippen LogP contribution in [0.1, 0.15) is 0 Å². The highest BCUT2D eigenvalue weighted by Gasteiger charge is 2.29. The molecule has 11 rings (SSSR count). The van der Waals surface area contributed by atoms with Crippen molar-refractivity contribution >= 4 is 65.8 Å². The van der Waals surface area contributed by atoms with Gasteiger partial charge in [0.05, 0.1) is 61.8 Å². The number of hydrogen-bond acceptors (Lipinski definition) is 12. The van der Waals surface area contributed by atoms with Crippen molar-refractivity contribution in [3.8, 4) is 68.0 Å². The highest BCUT2D eigenvalue weighted by Crippen LogP contribution is 2.51. The van der Waals surface area contributed by atoms with Gasteiger partial charge in [0.2, 0.25) is 0 Å². The Kier molecular flexibility index (Phi) is 7.19. The number of hydrogen-bond donors (Lipinski definition) is 2. The van der Waals surface area contributed by atoms with Crippen LogP contribution in [0.25, 0.3) is 88.6 Å². The normalized spacial score (nSPS) is 12.5. The zero-order chi connectivity index (χ0) is 37.7. The highest BCUT2D eigenvalue weighted by molar-refractivity contribution is 7.94. The summed E-state index contributed by atoms with van der Waals surface area (Å²) in [6.45, 7) is 0. The van der Waals surface area contributed by atoms with Gasteiger partial charge >= 0.3 is 0 Å². The molecule has 0 fully saturated rings. The van der Waals surface area contributed by atoms with Gasteiger partial charge in [0.25, 0.3) is 10.1 Å². The van der Waals surface area contributed by atoms with E-state index in [1.165, 1.54) is 24.3 Å². The third-order valence-electron chi connectivity index (χ3n) is 10.0. The van der Waals surface area contributed by atoms with Crippen LogP contribution < -0.4 is 9.47 Å². The minimum atomic E-state index is -4.32. The van der Waals surface area contributed by atoms with Gasteiger partial charge in [0, 0.05) is 48.7 Å². The van der Waals surface area contributed by atoms with E-state index in [0.717, 1.165) is 83.5 Å². The average molecular weight is 775 g/mol. The van der Waals surface area contributed by atoms with Gasteiger partial charge in [-0.25, -0.2) is 25.2 Å². The van der Waals surface area contributed by atoms with Crippen molar-refractivity contribution in [2.75, 3.05) is 0 Å². The first-order chi connectivity index (χ1) is 27.3. The van der Waals surface area contributed by atoms with Crippen LogP contribution in [-0.2, 0) is 19.5 Å². The van der Waals surface area contributed by atoms with E-state index in [4.69, 9.17) is 34.7 Å². The number of rotatable bonds is 8. The summed E-state index contributed by atoms with van der Waals surface area (Å²) in [7, 11) is -4.32. The SMILES string of the molecule is O=S(=O)(O)c1ccc(Oc2ccc3c4c(cccc24)-c2nc4cc5nc6c(nc5cc4nc2-3)-c2cccc3c(Oc4ccc(SOOO)cc4)ccc-6c23)cc1. The Morgan fingerprint density at radius 1 is 0.518 bits per heavy atom.